The Hall–Kier alpha value is -1.89. The van der Waals surface area contributed by atoms with Gasteiger partial charge in [-0.15, -0.1) is 0 Å². The fourth-order valence-corrected chi connectivity index (χ4v) is 5.45. The predicted octanol–water partition coefficient (Wildman–Crippen LogP) is 3.34. The van der Waals surface area contributed by atoms with E-state index in [0.29, 0.717) is 28.3 Å². The second-order valence-corrected chi connectivity index (χ2v) is 9.85. The van der Waals surface area contributed by atoms with Gasteiger partial charge in [0, 0.05) is 61.8 Å². The van der Waals surface area contributed by atoms with Crippen LogP contribution in [0.3, 0.4) is 0 Å². The lowest BCUT2D eigenvalue weighted by Crippen LogP contribution is -2.64. The van der Waals surface area contributed by atoms with Gasteiger partial charge >= 0.3 is 0 Å². The molecule has 5 rings (SSSR count). The summed E-state index contributed by atoms with van der Waals surface area (Å²) in [5, 5.41) is 4.11. The number of halogens is 1. The Labute approximate surface area is 182 Å². The highest BCUT2D eigenvalue weighted by atomic mass is 35.5. The third-order valence-corrected chi connectivity index (χ3v) is 7.12. The first kappa shape index (κ1) is 20.0. The molecule has 2 saturated heterocycles. The van der Waals surface area contributed by atoms with Crippen LogP contribution in [0.4, 0.5) is 0 Å². The molecule has 7 heteroatoms. The van der Waals surface area contributed by atoms with Crippen molar-refractivity contribution in [3.05, 3.63) is 40.7 Å². The second kappa shape index (κ2) is 7.66. The zero-order valence-electron chi connectivity index (χ0n) is 17.7. The average molecular weight is 429 g/mol. The number of nitrogens with zero attached hydrogens (tertiary/aromatic N) is 3. The largest absolute Gasteiger partial charge is 0.441 e. The number of carbonyl (C=O) groups is 1. The van der Waals surface area contributed by atoms with Gasteiger partial charge in [-0.3, -0.25) is 9.69 Å². The minimum atomic E-state index is 0.225. The summed E-state index contributed by atoms with van der Waals surface area (Å²) in [4.78, 5) is 22.0. The smallest absolute Gasteiger partial charge is 0.226 e. The van der Waals surface area contributed by atoms with Crippen LogP contribution in [-0.4, -0.2) is 59.5 Å². The first-order chi connectivity index (χ1) is 14.4. The molecule has 6 nitrogen and oxygen atoms in total. The lowest BCUT2D eigenvalue weighted by molar-refractivity contribution is -0.156. The molecule has 3 aliphatic rings. The Kier molecular flexibility index (Phi) is 5.12. The second-order valence-electron chi connectivity index (χ2n) is 9.42. The number of rotatable bonds is 4. The van der Waals surface area contributed by atoms with Crippen LogP contribution in [0.2, 0.25) is 5.02 Å². The van der Waals surface area contributed by atoms with E-state index in [1.165, 1.54) is 0 Å². The molecule has 160 valence electrons. The number of piperazine rings is 1. The summed E-state index contributed by atoms with van der Waals surface area (Å²) in [7, 11) is 0. The molecule has 30 heavy (non-hydrogen) atoms. The van der Waals surface area contributed by atoms with Crippen molar-refractivity contribution >= 4 is 17.5 Å². The topological polar surface area (TPSA) is 61.6 Å². The summed E-state index contributed by atoms with van der Waals surface area (Å²) >= 11 is 5.97. The monoisotopic (exact) mass is 428 g/mol. The van der Waals surface area contributed by atoms with Crippen LogP contribution in [0.25, 0.3) is 11.5 Å². The van der Waals surface area contributed by atoms with Gasteiger partial charge in [-0.05, 0) is 56.4 Å². The number of benzene rings is 1. The van der Waals surface area contributed by atoms with Crippen molar-refractivity contribution in [3.8, 4) is 11.5 Å². The first-order valence-corrected chi connectivity index (χ1v) is 11.3. The molecule has 1 aromatic carbocycles. The maximum Gasteiger partial charge on any atom is 0.226 e. The van der Waals surface area contributed by atoms with Crippen molar-refractivity contribution < 1.29 is 9.21 Å². The molecule has 1 spiro atoms. The van der Waals surface area contributed by atoms with E-state index in [9.17, 15) is 4.79 Å². The maximum atomic E-state index is 12.8. The van der Waals surface area contributed by atoms with Crippen LogP contribution < -0.4 is 5.32 Å². The summed E-state index contributed by atoms with van der Waals surface area (Å²) in [5.74, 6) is 2.11. The van der Waals surface area contributed by atoms with E-state index in [1.807, 2.05) is 31.2 Å². The number of aryl methyl sites for hydroxylation is 1. The molecule has 1 aliphatic carbocycles. The fraction of sp³-hybridized carbons (Fsp3) is 0.565. The number of nitrogens with one attached hydrogen (secondary N) is 1. The van der Waals surface area contributed by atoms with Gasteiger partial charge in [-0.25, -0.2) is 4.98 Å². The van der Waals surface area contributed by atoms with E-state index in [2.05, 4.69) is 22.0 Å². The van der Waals surface area contributed by atoms with Crippen LogP contribution in [-0.2, 0) is 11.3 Å². The minimum Gasteiger partial charge on any atom is -0.441 e. The van der Waals surface area contributed by atoms with Gasteiger partial charge in [0.15, 0.2) is 0 Å². The lowest BCUT2D eigenvalue weighted by Gasteiger charge is -2.59. The SMILES string of the molecule is Cc1oc(-c2ccc(Cl)cc2)nc1CN1CC2(CC(C(=O)N3CCNC(C)C3)C2)C1. The highest BCUT2D eigenvalue weighted by Gasteiger charge is 2.54. The number of likely N-dealkylation sites (tertiary alicyclic amines) is 1. The van der Waals surface area contributed by atoms with Crippen molar-refractivity contribution in [1.29, 1.82) is 0 Å². The molecule has 1 aromatic heterocycles. The van der Waals surface area contributed by atoms with Gasteiger partial charge in [-0.2, -0.15) is 0 Å². The van der Waals surface area contributed by atoms with Gasteiger partial charge < -0.3 is 14.6 Å². The number of aromatic nitrogens is 1. The Bertz CT molecular complexity index is 927. The number of carbonyl (C=O) groups excluding carboxylic acids is 1. The Balaban J connectivity index is 1.13. The van der Waals surface area contributed by atoms with Crippen molar-refractivity contribution in [2.24, 2.45) is 11.3 Å². The molecule has 1 N–H and O–H groups in total. The molecule has 0 bridgehead atoms. The molecular formula is C23H29ClN4O2. The van der Waals surface area contributed by atoms with E-state index in [0.717, 1.165) is 69.1 Å². The summed E-state index contributed by atoms with van der Waals surface area (Å²) in [5.41, 5.74) is 2.28. The summed E-state index contributed by atoms with van der Waals surface area (Å²) < 4.78 is 5.89. The molecule has 1 amide bonds. The minimum absolute atomic E-state index is 0.225. The number of hydrogen-bond donors (Lipinski definition) is 1. The van der Waals surface area contributed by atoms with Gasteiger partial charge in [0.2, 0.25) is 11.8 Å². The Morgan fingerprint density at radius 2 is 2.03 bits per heavy atom. The summed E-state index contributed by atoms with van der Waals surface area (Å²) in [6.45, 7) is 9.64. The zero-order chi connectivity index (χ0) is 20.9. The molecule has 2 aromatic rings. The van der Waals surface area contributed by atoms with Gasteiger partial charge in [0.05, 0.1) is 5.69 Å². The maximum absolute atomic E-state index is 12.8. The van der Waals surface area contributed by atoms with Crippen molar-refractivity contribution in [1.82, 2.24) is 20.1 Å². The van der Waals surface area contributed by atoms with Gasteiger partial charge in [-0.1, -0.05) is 11.6 Å². The molecule has 3 fully saturated rings. The van der Waals surface area contributed by atoms with Crippen LogP contribution in [0.15, 0.2) is 28.7 Å². The fourth-order valence-electron chi connectivity index (χ4n) is 5.33. The number of hydrogen-bond acceptors (Lipinski definition) is 5. The predicted molar refractivity (Wildman–Crippen MR) is 116 cm³/mol. The van der Waals surface area contributed by atoms with Gasteiger partial charge in [0.25, 0.3) is 0 Å². The average Bonchev–Trinajstić information content (AvgIpc) is 3.03. The van der Waals surface area contributed by atoms with Crippen molar-refractivity contribution in [2.75, 3.05) is 32.7 Å². The lowest BCUT2D eigenvalue weighted by atomic mass is 9.57. The third-order valence-electron chi connectivity index (χ3n) is 6.86. The standard InChI is InChI=1S/C23H29ClN4O2/c1-15-11-28(8-7-25-15)22(29)18-9-23(10-18)13-27(14-23)12-20-16(2)30-21(26-20)17-3-5-19(24)6-4-17/h3-6,15,18,25H,7-14H2,1-2H3. The van der Waals surface area contributed by atoms with Crippen LogP contribution in [0.5, 0.6) is 0 Å². The van der Waals surface area contributed by atoms with E-state index < -0.39 is 0 Å². The molecule has 2 aliphatic heterocycles. The van der Waals surface area contributed by atoms with E-state index in [-0.39, 0.29) is 5.92 Å². The van der Waals surface area contributed by atoms with Crippen LogP contribution >= 0.6 is 11.6 Å². The van der Waals surface area contributed by atoms with E-state index in [4.69, 9.17) is 21.0 Å². The summed E-state index contributed by atoms with van der Waals surface area (Å²) in [6.07, 6.45) is 2.07. The Morgan fingerprint density at radius 3 is 2.73 bits per heavy atom. The molecule has 1 atom stereocenters. The first-order valence-electron chi connectivity index (χ1n) is 10.9. The number of amides is 1. The van der Waals surface area contributed by atoms with Crippen molar-refractivity contribution in [2.45, 2.75) is 39.3 Å². The molecule has 3 heterocycles. The van der Waals surface area contributed by atoms with E-state index in [1.54, 1.807) is 0 Å². The quantitative estimate of drug-likeness (QED) is 0.809. The highest BCUT2D eigenvalue weighted by Crippen LogP contribution is 2.52. The molecular weight excluding hydrogens is 400 g/mol. The molecule has 1 unspecified atom stereocenters. The van der Waals surface area contributed by atoms with E-state index >= 15 is 0 Å². The van der Waals surface area contributed by atoms with Crippen molar-refractivity contribution in [3.63, 3.8) is 0 Å². The number of oxazole rings is 1. The summed E-state index contributed by atoms with van der Waals surface area (Å²) in [6, 6.07) is 7.97. The third kappa shape index (κ3) is 3.77. The Morgan fingerprint density at radius 1 is 1.30 bits per heavy atom. The zero-order valence-corrected chi connectivity index (χ0v) is 18.4. The molecule has 1 saturated carbocycles. The molecule has 0 radical (unpaired) electrons. The van der Waals surface area contributed by atoms with Gasteiger partial charge in [0.1, 0.15) is 5.76 Å². The normalized spacial score (nSPS) is 24.0. The van der Waals surface area contributed by atoms with Crippen LogP contribution in [0, 0.1) is 18.3 Å². The highest BCUT2D eigenvalue weighted by molar-refractivity contribution is 6.30. The van der Waals surface area contributed by atoms with Crippen LogP contribution in [0.1, 0.15) is 31.2 Å².